The molecule has 0 amide bonds. The van der Waals surface area contributed by atoms with Crippen molar-refractivity contribution in [3.05, 3.63) is 35.4 Å². The summed E-state index contributed by atoms with van der Waals surface area (Å²) in [4.78, 5) is 5.65. The molecule has 0 fully saturated rings. The van der Waals surface area contributed by atoms with Gasteiger partial charge in [0.05, 0.1) is 41.3 Å². The number of phenolic OH excluding ortho intramolecular Hbond substituents is 1. The van der Waals surface area contributed by atoms with E-state index in [0.717, 1.165) is 11.1 Å². The van der Waals surface area contributed by atoms with Gasteiger partial charge in [-0.15, -0.1) is 0 Å². The highest BCUT2D eigenvalue weighted by atomic mass is 16.6. The summed E-state index contributed by atoms with van der Waals surface area (Å²) in [7, 11) is 7.63. The van der Waals surface area contributed by atoms with Crippen molar-refractivity contribution < 1.29 is 33.6 Å². The van der Waals surface area contributed by atoms with Gasteiger partial charge in [-0.25, -0.2) is 0 Å². The summed E-state index contributed by atoms with van der Waals surface area (Å²) in [5, 5.41) is 14.3. The summed E-state index contributed by atoms with van der Waals surface area (Å²) >= 11 is 0. The Morgan fingerprint density at radius 3 is 1.82 bits per heavy atom. The highest BCUT2D eigenvalue weighted by molar-refractivity contribution is 6.02. The van der Waals surface area contributed by atoms with E-state index in [2.05, 4.69) is 5.16 Å². The van der Waals surface area contributed by atoms with E-state index in [-0.39, 0.29) is 11.9 Å². The van der Waals surface area contributed by atoms with Gasteiger partial charge < -0.3 is 33.6 Å². The molecule has 1 aliphatic rings. The Morgan fingerprint density at radius 2 is 1.36 bits per heavy atom. The zero-order valence-electron chi connectivity index (χ0n) is 16.4. The van der Waals surface area contributed by atoms with E-state index in [9.17, 15) is 5.11 Å². The molecule has 0 aliphatic carbocycles. The van der Waals surface area contributed by atoms with Gasteiger partial charge in [-0.05, 0) is 24.3 Å². The minimum Gasteiger partial charge on any atom is -0.502 e. The third kappa shape index (κ3) is 3.45. The van der Waals surface area contributed by atoms with Crippen molar-refractivity contribution in [1.82, 2.24) is 0 Å². The molecule has 1 atom stereocenters. The number of hydrogen-bond donors (Lipinski definition) is 1. The molecule has 0 saturated carbocycles. The maximum absolute atomic E-state index is 10.1. The van der Waals surface area contributed by atoms with Crippen molar-refractivity contribution in [3.63, 3.8) is 0 Å². The molecule has 0 aromatic heterocycles. The molecule has 150 valence electrons. The van der Waals surface area contributed by atoms with E-state index in [0.29, 0.717) is 40.9 Å². The van der Waals surface area contributed by atoms with E-state index in [1.807, 2.05) is 12.1 Å². The first-order chi connectivity index (χ1) is 13.6. The van der Waals surface area contributed by atoms with Crippen LogP contribution in [0.2, 0.25) is 0 Å². The van der Waals surface area contributed by atoms with Crippen LogP contribution in [0.4, 0.5) is 0 Å². The fourth-order valence-electron chi connectivity index (χ4n) is 3.07. The zero-order chi connectivity index (χ0) is 20.3. The summed E-state index contributed by atoms with van der Waals surface area (Å²) in [5.74, 6) is 2.14. The molecule has 1 aliphatic heterocycles. The molecule has 2 aromatic carbocycles. The van der Waals surface area contributed by atoms with Crippen LogP contribution in [-0.2, 0) is 4.84 Å². The number of rotatable bonds is 7. The molecule has 1 unspecified atom stereocenters. The normalized spacial score (nSPS) is 15.5. The van der Waals surface area contributed by atoms with Crippen molar-refractivity contribution in [2.24, 2.45) is 5.16 Å². The lowest BCUT2D eigenvalue weighted by Crippen LogP contribution is -2.04. The second-order valence-corrected chi connectivity index (χ2v) is 6.02. The Hall–Kier alpha value is -3.29. The van der Waals surface area contributed by atoms with E-state index < -0.39 is 0 Å². The summed E-state index contributed by atoms with van der Waals surface area (Å²) in [5.41, 5.74) is 2.28. The first kappa shape index (κ1) is 19.5. The summed E-state index contributed by atoms with van der Waals surface area (Å²) in [6.45, 7) is 0. The average molecular weight is 389 g/mol. The molecule has 1 N–H and O–H groups in total. The van der Waals surface area contributed by atoms with Crippen LogP contribution in [0, 0.1) is 0 Å². The molecular formula is C20H23NO7. The number of phenols is 1. The minimum absolute atomic E-state index is 0.0607. The van der Waals surface area contributed by atoms with Crippen molar-refractivity contribution in [2.75, 3.05) is 35.5 Å². The maximum Gasteiger partial charge on any atom is 0.203 e. The number of aromatic hydroxyl groups is 1. The van der Waals surface area contributed by atoms with E-state index in [4.69, 9.17) is 28.5 Å². The second kappa shape index (κ2) is 8.16. The fourth-order valence-corrected chi connectivity index (χ4v) is 3.07. The van der Waals surface area contributed by atoms with Crippen molar-refractivity contribution in [1.29, 1.82) is 0 Å². The van der Waals surface area contributed by atoms with Crippen LogP contribution >= 0.6 is 0 Å². The lowest BCUT2D eigenvalue weighted by Gasteiger charge is -2.16. The molecular weight excluding hydrogens is 366 g/mol. The van der Waals surface area contributed by atoms with Crippen LogP contribution in [0.25, 0.3) is 0 Å². The molecule has 8 heteroatoms. The third-order valence-electron chi connectivity index (χ3n) is 4.54. The number of benzene rings is 2. The molecule has 0 bridgehead atoms. The molecule has 1 heterocycles. The molecule has 8 nitrogen and oxygen atoms in total. The standard InChI is InChI=1S/C20H23NO7/c1-23-15-6-11(7-16(24-2)19(15)22)13-10-14(28-21-13)12-8-17(25-3)20(27-5)18(9-12)26-4/h6-9,14,22H,10H2,1-5H3. The quantitative estimate of drug-likeness (QED) is 0.777. The van der Waals surface area contributed by atoms with Gasteiger partial charge in [0.15, 0.2) is 29.1 Å². The van der Waals surface area contributed by atoms with Crippen LogP contribution in [-0.4, -0.2) is 46.4 Å². The molecule has 3 rings (SSSR count). The average Bonchev–Trinajstić information content (AvgIpc) is 3.23. The van der Waals surface area contributed by atoms with E-state index >= 15 is 0 Å². The van der Waals surface area contributed by atoms with Gasteiger partial charge in [-0.2, -0.15) is 0 Å². The number of oxime groups is 1. The summed E-state index contributed by atoms with van der Waals surface area (Å²) in [6.07, 6.45) is 0.185. The molecule has 0 saturated heterocycles. The largest absolute Gasteiger partial charge is 0.502 e. The highest BCUT2D eigenvalue weighted by Gasteiger charge is 2.28. The van der Waals surface area contributed by atoms with Gasteiger partial charge in [-0.3, -0.25) is 0 Å². The van der Waals surface area contributed by atoms with E-state index in [1.54, 1.807) is 33.5 Å². The van der Waals surface area contributed by atoms with Crippen LogP contribution in [0.5, 0.6) is 34.5 Å². The maximum atomic E-state index is 10.1. The Bertz CT molecular complexity index is 844. The summed E-state index contributed by atoms with van der Waals surface area (Å²) in [6, 6.07) is 7.06. The number of ether oxygens (including phenoxy) is 5. The molecule has 0 radical (unpaired) electrons. The smallest absolute Gasteiger partial charge is 0.203 e. The zero-order valence-corrected chi connectivity index (χ0v) is 16.4. The van der Waals surface area contributed by atoms with Crippen LogP contribution in [0.3, 0.4) is 0 Å². The SMILES string of the molecule is COc1cc(C2=NOC(c3cc(OC)c(OC)c(OC)c3)C2)cc(OC)c1O. The number of hydrogen-bond acceptors (Lipinski definition) is 8. The Morgan fingerprint density at radius 1 is 0.821 bits per heavy atom. The predicted molar refractivity (Wildman–Crippen MR) is 102 cm³/mol. The van der Waals surface area contributed by atoms with Crippen molar-refractivity contribution in [2.45, 2.75) is 12.5 Å². The van der Waals surface area contributed by atoms with Gasteiger partial charge in [-0.1, -0.05) is 5.16 Å². The lowest BCUT2D eigenvalue weighted by atomic mass is 9.99. The fraction of sp³-hybridized carbons (Fsp3) is 0.350. The van der Waals surface area contributed by atoms with Crippen LogP contribution < -0.4 is 23.7 Å². The molecule has 0 spiro atoms. The Labute approximate surface area is 163 Å². The second-order valence-electron chi connectivity index (χ2n) is 6.02. The first-order valence-corrected chi connectivity index (χ1v) is 8.54. The van der Waals surface area contributed by atoms with Gasteiger partial charge >= 0.3 is 0 Å². The monoisotopic (exact) mass is 389 g/mol. The number of methoxy groups -OCH3 is 5. The van der Waals surface area contributed by atoms with Crippen LogP contribution in [0.1, 0.15) is 23.7 Å². The predicted octanol–water partition coefficient (Wildman–Crippen LogP) is 3.30. The van der Waals surface area contributed by atoms with Crippen LogP contribution in [0.15, 0.2) is 29.4 Å². The van der Waals surface area contributed by atoms with Gasteiger partial charge in [0.1, 0.15) is 0 Å². The van der Waals surface area contributed by atoms with Gasteiger partial charge in [0.25, 0.3) is 0 Å². The minimum atomic E-state index is -0.325. The lowest BCUT2D eigenvalue weighted by molar-refractivity contribution is 0.0853. The van der Waals surface area contributed by atoms with Crippen molar-refractivity contribution >= 4 is 5.71 Å². The number of nitrogens with zero attached hydrogens (tertiary/aromatic N) is 1. The van der Waals surface area contributed by atoms with Gasteiger partial charge in [0, 0.05) is 17.5 Å². The first-order valence-electron chi connectivity index (χ1n) is 8.54. The molecule has 2 aromatic rings. The summed E-state index contributed by atoms with van der Waals surface area (Å²) < 4.78 is 26.6. The Balaban J connectivity index is 1.90. The highest BCUT2D eigenvalue weighted by Crippen LogP contribution is 2.43. The third-order valence-corrected chi connectivity index (χ3v) is 4.54. The molecule has 28 heavy (non-hydrogen) atoms. The van der Waals surface area contributed by atoms with Crippen molar-refractivity contribution in [3.8, 4) is 34.5 Å². The van der Waals surface area contributed by atoms with Gasteiger partial charge in [0.2, 0.25) is 11.5 Å². The Kier molecular flexibility index (Phi) is 5.67. The van der Waals surface area contributed by atoms with E-state index in [1.165, 1.54) is 14.2 Å². The topological polar surface area (TPSA) is 88.0 Å².